The number of carbonyl (C=O) groups excluding carboxylic acids is 1. The van der Waals surface area contributed by atoms with Crippen LogP contribution in [0, 0.1) is 0 Å². The number of hydrogen-bond acceptors (Lipinski definition) is 3. The van der Waals surface area contributed by atoms with Crippen molar-refractivity contribution >= 4 is 16.7 Å². The molecule has 2 aromatic carbocycles. The zero-order chi connectivity index (χ0) is 14.8. The quantitative estimate of drug-likeness (QED) is 0.869. The third-order valence-electron chi connectivity index (χ3n) is 3.67. The van der Waals surface area contributed by atoms with Crippen molar-refractivity contribution in [2.45, 2.75) is 31.7 Å². The molecule has 0 aliphatic rings. The Hall–Kier alpha value is -1.87. The fraction of sp³-hybridized carbons (Fsp3) is 0.353. The Morgan fingerprint density at radius 3 is 2.45 bits per heavy atom. The summed E-state index contributed by atoms with van der Waals surface area (Å²) in [7, 11) is 1.41. The number of rotatable bonds is 4. The first-order valence-electron chi connectivity index (χ1n) is 6.76. The summed E-state index contributed by atoms with van der Waals surface area (Å²) in [4.78, 5) is 11.6. The van der Waals surface area contributed by atoms with Gasteiger partial charge in [-0.2, -0.15) is 0 Å². The van der Waals surface area contributed by atoms with E-state index in [2.05, 4.69) is 24.3 Å². The fourth-order valence-electron chi connectivity index (χ4n) is 2.49. The SMILES string of the molecule is COC(=O)CC(c1ccc2ccccc2c1)C(C)(C)N. The lowest BCUT2D eigenvalue weighted by Crippen LogP contribution is -2.40. The smallest absolute Gasteiger partial charge is 0.306 e. The molecule has 2 N–H and O–H groups in total. The van der Waals surface area contributed by atoms with Gasteiger partial charge in [-0.25, -0.2) is 0 Å². The molecule has 0 spiro atoms. The minimum absolute atomic E-state index is 0.0699. The van der Waals surface area contributed by atoms with Crippen LogP contribution in [0.4, 0.5) is 0 Å². The lowest BCUT2D eigenvalue weighted by Gasteiger charge is -2.30. The van der Waals surface area contributed by atoms with Gasteiger partial charge in [0.1, 0.15) is 0 Å². The topological polar surface area (TPSA) is 52.3 Å². The second-order valence-corrected chi connectivity index (χ2v) is 5.76. The first-order chi connectivity index (χ1) is 9.41. The number of benzene rings is 2. The second kappa shape index (κ2) is 5.63. The van der Waals surface area contributed by atoms with Crippen molar-refractivity contribution in [1.29, 1.82) is 0 Å². The Morgan fingerprint density at radius 1 is 1.20 bits per heavy atom. The molecule has 0 aliphatic heterocycles. The van der Waals surface area contributed by atoms with Gasteiger partial charge in [-0.15, -0.1) is 0 Å². The zero-order valence-electron chi connectivity index (χ0n) is 12.2. The summed E-state index contributed by atoms with van der Waals surface area (Å²) in [6.07, 6.45) is 0.290. The third-order valence-corrected chi connectivity index (χ3v) is 3.67. The van der Waals surface area contributed by atoms with Crippen molar-refractivity contribution in [3.05, 3.63) is 48.0 Å². The Bertz CT molecular complexity index is 614. The lowest BCUT2D eigenvalue weighted by molar-refractivity contribution is -0.141. The molecule has 1 unspecified atom stereocenters. The van der Waals surface area contributed by atoms with Crippen molar-refractivity contribution in [2.24, 2.45) is 5.73 Å². The molecule has 2 aromatic rings. The second-order valence-electron chi connectivity index (χ2n) is 5.76. The van der Waals surface area contributed by atoms with E-state index < -0.39 is 5.54 Å². The van der Waals surface area contributed by atoms with Crippen LogP contribution in [0.25, 0.3) is 10.8 Å². The van der Waals surface area contributed by atoms with Crippen LogP contribution in [-0.2, 0) is 9.53 Å². The molecule has 0 aromatic heterocycles. The highest BCUT2D eigenvalue weighted by molar-refractivity contribution is 5.83. The van der Waals surface area contributed by atoms with E-state index >= 15 is 0 Å². The van der Waals surface area contributed by atoms with Crippen molar-refractivity contribution < 1.29 is 9.53 Å². The molecular weight excluding hydrogens is 250 g/mol. The molecule has 0 bridgehead atoms. The molecule has 3 nitrogen and oxygen atoms in total. The molecule has 0 saturated heterocycles. The standard InChI is InChI=1S/C17H21NO2/c1-17(2,18)15(11-16(19)20-3)14-9-8-12-6-4-5-7-13(12)10-14/h4-10,15H,11,18H2,1-3H3. The van der Waals surface area contributed by atoms with Gasteiger partial charge in [0.2, 0.25) is 0 Å². The number of carbonyl (C=O) groups is 1. The average molecular weight is 271 g/mol. The van der Waals surface area contributed by atoms with Crippen LogP contribution in [-0.4, -0.2) is 18.6 Å². The van der Waals surface area contributed by atoms with Crippen LogP contribution in [0.3, 0.4) is 0 Å². The van der Waals surface area contributed by atoms with Gasteiger partial charge in [0.05, 0.1) is 13.5 Å². The molecular formula is C17H21NO2. The van der Waals surface area contributed by atoms with E-state index in [0.29, 0.717) is 6.42 Å². The predicted octanol–water partition coefficient (Wildman–Crippen LogP) is 3.22. The van der Waals surface area contributed by atoms with Gasteiger partial charge >= 0.3 is 5.97 Å². The lowest BCUT2D eigenvalue weighted by atomic mass is 9.80. The van der Waals surface area contributed by atoms with E-state index in [4.69, 9.17) is 10.5 Å². The molecule has 0 fully saturated rings. The number of nitrogens with two attached hydrogens (primary N) is 1. The Kier molecular flexibility index (Phi) is 4.09. The fourth-order valence-corrected chi connectivity index (χ4v) is 2.49. The first kappa shape index (κ1) is 14.5. The molecule has 1 atom stereocenters. The summed E-state index contributed by atoms with van der Waals surface area (Å²) in [5.41, 5.74) is 6.83. The largest absolute Gasteiger partial charge is 0.469 e. The van der Waals surface area contributed by atoms with Crippen molar-refractivity contribution in [3.63, 3.8) is 0 Å². The number of fused-ring (bicyclic) bond motifs is 1. The van der Waals surface area contributed by atoms with Gasteiger partial charge in [0.25, 0.3) is 0 Å². The first-order valence-corrected chi connectivity index (χ1v) is 6.76. The Labute approximate surface area is 119 Å². The van der Waals surface area contributed by atoms with Crippen LogP contribution in [0.2, 0.25) is 0 Å². The Morgan fingerprint density at radius 2 is 1.85 bits per heavy atom. The van der Waals surface area contributed by atoms with Crippen LogP contribution < -0.4 is 5.73 Å². The predicted molar refractivity (Wildman–Crippen MR) is 81.6 cm³/mol. The molecule has 0 saturated carbocycles. The summed E-state index contributed by atoms with van der Waals surface area (Å²) < 4.78 is 4.79. The molecule has 20 heavy (non-hydrogen) atoms. The van der Waals surface area contributed by atoms with Gasteiger partial charge in [-0.3, -0.25) is 4.79 Å². The molecule has 0 radical (unpaired) electrons. The highest BCUT2D eigenvalue weighted by atomic mass is 16.5. The van der Waals surface area contributed by atoms with E-state index in [1.54, 1.807) is 0 Å². The van der Waals surface area contributed by atoms with Gasteiger partial charge in [0.15, 0.2) is 0 Å². The third kappa shape index (κ3) is 3.17. The van der Waals surface area contributed by atoms with E-state index in [0.717, 1.165) is 10.9 Å². The molecule has 3 heteroatoms. The molecule has 0 aliphatic carbocycles. The maximum Gasteiger partial charge on any atom is 0.306 e. The number of esters is 1. The molecule has 2 rings (SSSR count). The van der Waals surface area contributed by atoms with Crippen LogP contribution in [0.5, 0.6) is 0 Å². The minimum atomic E-state index is -0.489. The van der Waals surface area contributed by atoms with Crippen molar-refractivity contribution in [1.82, 2.24) is 0 Å². The summed E-state index contributed by atoms with van der Waals surface area (Å²) in [5.74, 6) is -0.304. The number of ether oxygens (including phenoxy) is 1. The van der Waals surface area contributed by atoms with Crippen molar-refractivity contribution in [2.75, 3.05) is 7.11 Å². The normalized spacial score (nSPS) is 13.2. The van der Waals surface area contributed by atoms with E-state index in [-0.39, 0.29) is 11.9 Å². The van der Waals surface area contributed by atoms with E-state index in [1.165, 1.54) is 12.5 Å². The van der Waals surface area contributed by atoms with Gasteiger partial charge in [0, 0.05) is 11.5 Å². The summed E-state index contributed by atoms with van der Waals surface area (Å²) in [5, 5.41) is 2.34. The maximum atomic E-state index is 11.6. The average Bonchev–Trinajstić information content (AvgIpc) is 2.42. The number of methoxy groups -OCH3 is 1. The van der Waals surface area contributed by atoms with Crippen LogP contribution in [0.15, 0.2) is 42.5 Å². The summed E-state index contributed by atoms with van der Waals surface area (Å²) in [6, 6.07) is 14.4. The zero-order valence-corrected chi connectivity index (χ0v) is 12.2. The highest BCUT2D eigenvalue weighted by Gasteiger charge is 2.29. The summed E-state index contributed by atoms with van der Waals surface area (Å²) >= 11 is 0. The van der Waals surface area contributed by atoms with Crippen molar-refractivity contribution in [3.8, 4) is 0 Å². The van der Waals surface area contributed by atoms with Gasteiger partial charge in [-0.1, -0.05) is 42.5 Å². The van der Waals surface area contributed by atoms with Crippen LogP contribution in [0.1, 0.15) is 31.7 Å². The Balaban J connectivity index is 2.42. The molecule has 0 heterocycles. The maximum absolute atomic E-state index is 11.6. The van der Waals surface area contributed by atoms with E-state index in [9.17, 15) is 4.79 Å². The highest BCUT2D eigenvalue weighted by Crippen LogP contribution is 2.31. The summed E-state index contributed by atoms with van der Waals surface area (Å²) in [6.45, 7) is 3.88. The molecule has 106 valence electrons. The van der Waals surface area contributed by atoms with Gasteiger partial charge in [-0.05, 0) is 30.2 Å². The van der Waals surface area contributed by atoms with Gasteiger partial charge < -0.3 is 10.5 Å². The number of hydrogen-bond donors (Lipinski definition) is 1. The minimum Gasteiger partial charge on any atom is -0.469 e. The van der Waals surface area contributed by atoms with E-state index in [1.807, 2.05) is 32.0 Å². The monoisotopic (exact) mass is 271 g/mol. The molecule has 0 amide bonds. The van der Waals surface area contributed by atoms with Crippen LogP contribution >= 0.6 is 0 Å².